The molecule has 9 atom stereocenters. The molecule has 0 aromatic carbocycles. The highest BCUT2D eigenvalue weighted by Crippen LogP contribution is 2.57. The first-order valence-corrected chi connectivity index (χ1v) is 15.5. The fraction of sp³-hybridized carbons (Fsp3) is 0.938. The van der Waals surface area contributed by atoms with Crippen molar-refractivity contribution < 1.29 is 4.74 Å². The molecule has 5 aliphatic carbocycles. The van der Waals surface area contributed by atoms with E-state index in [-0.39, 0.29) is 5.60 Å². The minimum atomic E-state index is 0.0743. The molecule has 1 heteroatoms. The Hall–Kier alpha value is -0.300. The van der Waals surface area contributed by atoms with E-state index in [1.807, 2.05) is 0 Å². The lowest BCUT2D eigenvalue weighted by Gasteiger charge is -2.59. The lowest BCUT2D eigenvalue weighted by atomic mass is 9.56. The van der Waals surface area contributed by atoms with E-state index in [2.05, 4.69) is 26.0 Å². The summed E-state index contributed by atoms with van der Waals surface area (Å²) in [6.07, 6.45) is 31.0. The second-order valence-electron chi connectivity index (χ2n) is 13.9. The van der Waals surface area contributed by atoms with Crippen LogP contribution >= 0.6 is 0 Å². The molecule has 6 aliphatic rings. The van der Waals surface area contributed by atoms with Gasteiger partial charge in [0, 0.05) is 5.92 Å². The zero-order valence-electron chi connectivity index (χ0n) is 21.9. The summed E-state index contributed by atoms with van der Waals surface area (Å²) < 4.78 is 7.80. The number of ether oxygens (including phenoxy) is 1. The van der Waals surface area contributed by atoms with Crippen LogP contribution in [0.4, 0.5) is 0 Å². The van der Waals surface area contributed by atoms with E-state index >= 15 is 0 Å². The van der Waals surface area contributed by atoms with Crippen molar-refractivity contribution in [2.24, 2.45) is 53.3 Å². The fourth-order valence-electron chi connectivity index (χ4n) is 10.3. The molecule has 0 aromatic rings. The van der Waals surface area contributed by atoms with Gasteiger partial charge >= 0.3 is 0 Å². The molecule has 0 spiro atoms. The minimum Gasteiger partial charge on any atom is -0.366 e. The first kappa shape index (κ1) is 23.1. The minimum absolute atomic E-state index is 0.0743. The largest absolute Gasteiger partial charge is 0.366 e. The van der Waals surface area contributed by atoms with Crippen LogP contribution in [0.2, 0.25) is 0 Å². The Labute approximate surface area is 204 Å². The molecular weight excluding hydrogens is 400 g/mol. The second kappa shape index (κ2) is 9.63. The molecular formula is C32H52O. The second-order valence-corrected chi connectivity index (χ2v) is 13.9. The fourth-order valence-corrected chi connectivity index (χ4v) is 10.3. The zero-order chi connectivity index (χ0) is 22.4. The van der Waals surface area contributed by atoms with Gasteiger partial charge in [-0.25, -0.2) is 0 Å². The van der Waals surface area contributed by atoms with Crippen LogP contribution in [-0.4, -0.2) is 11.7 Å². The van der Waals surface area contributed by atoms with Gasteiger partial charge in [0.1, 0.15) is 0 Å². The lowest BCUT2D eigenvalue weighted by Crippen LogP contribution is -2.59. The molecule has 0 bridgehead atoms. The Morgan fingerprint density at radius 1 is 0.667 bits per heavy atom. The van der Waals surface area contributed by atoms with Gasteiger partial charge in [0.05, 0.1) is 11.7 Å². The van der Waals surface area contributed by atoms with Crippen molar-refractivity contribution in [1.82, 2.24) is 0 Å². The standard InChI is InChI=1S/C32H52O/c1-22(2)30-21-25-12-8-9-15-28(25)31-29(30)18-19-32(33-31,26-13-4-3-5-14-26)27-17-16-23-10-6-7-11-24(23)20-27/h18-19,22-31H,3-17,20-21H2,1-2H3. The predicted octanol–water partition coefficient (Wildman–Crippen LogP) is 8.97. The topological polar surface area (TPSA) is 9.23 Å². The summed E-state index contributed by atoms with van der Waals surface area (Å²) >= 11 is 0. The highest BCUT2D eigenvalue weighted by atomic mass is 16.5. The number of fused-ring (bicyclic) bond motifs is 4. The molecule has 186 valence electrons. The Bertz CT molecular complexity index is 689. The smallest absolute Gasteiger partial charge is 0.0922 e. The third-order valence-electron chi connectivity index (χ3n) is 12.0. The van der Waals surface area contributed by atoms with Crippen molar-refractivity contribution in [2.75, 3.05) is 0 Å². The van der Waals surface area contributed by atoms with Gasteiger partial charge in [-0.05, 0) is 92.3 Å². The molecule has 0 N–H and O–H groups in total. The predicted molar refractivity (Wildman–Crippen MR) is 138 cm³/mol. The molecule has 9 unspecified atom stereocenters. The Morgan fingerprint density at radius 3 is 2.15 bits per heavy atom. The van der Waals surface area contributed by atoms with Crippen molar-refractivity contribution in [3.05, 3.63) is 12.2 Å². The molecule has 5 saturated carbocycles. The molecule has 6 rings (SSSR count). The highest BCUT2D eigenvalue weighted by molar-refractivity contribution is 5.19. The molecule has 0 radical (unpaired) electrons. The van der Waals surface area contributed by atoms with Crippen LogP contribution in [0.3, 0.4) is 0 Å². The molecule has 1 heterocycles. The summed E-state index contributed by atoms with van der Waals surface area (Å²) in [5.74, 6) is 7.72. The van der Waals surface area contributed by atoms with Gasteiger partial charge in [-0.2, -0.15) is 0 Å². The van der Waals surface area contributed by atoms with Gasteiger partial charge < -0.3 is 4.74 Å². The molecule has 1 aliphatic heterocycles. The van der Waals surface area contributed by atoms with Gasteiger partial charge in [0.25, 0.3) is 0 Å². The number of hydrogen-bond acceptors (Lipinski definition) is 1. The number of rotatable bonds is 3. The third kappa shape index (κ3) is 4.19. The summed E-state index contributed by atoms with van der Waals surface area (Å²) in [6, 6.07) is 0. The maximum absolute atomic E-state index is 7.80. The van der Waals surface area contributed by atoms with Crippen LogP contribution < -0.4 is 0 Å². The SMILES string of the molecule is CC(C)C1CC2CCCCC2C2OC(C3CCCCC3)(C3CCC4CCCCC4C3)C=CC12. The van der Waals surface area contributed by atoms with Gasteiger partial charge in [-0.3, -0.25) is 0 Å². The van der Waals surface area contributed by atoms with Crippen LogP contribution in [0.5, 0.6) is 0 Å². The van der Waals surface area contributed by atoms with E-state index in [1.54, 1.807) is 0 Å². The molecule has 1 nitrogen and oxygen atoms in total. The summed E-state index contributed by atoms with van der Waals surface area (Å²) in [5.41, 5.74) is 0.0743. The summed E-state index contributed by atoms with van der Waals surface area (Å²) in [5, 5.41) is 0. The average Bonchev–Trinajstić information content (AvgIpc) is 2.88. The number of hydrogen-bond donors (Lipinski definition) is 0. The normalized spacial score (nSPS) is 48.7. The van der Waals surface area contributed by atoms with Gasteiger partial charge in [-0.1, -0.05) is 90.2 Å². The van der Waals surface area contributed by atoms with E-state index in [9.17, 15) is 0 Å². The van der Waals surface area contributed by atoms with E-state index in [1.165, 1.54) is 109 Å². The first-order valence-electron chi connectivity index (χ1n) is 15.5. The molecule has 0 saturated heterocycles. The molecule has 5 fully saturated rings. The highest BCUT2D eigenvalue weighted by Gasteiger charge is 2.55. The van der Waals surface area contributed by atoms with E-state index in [4.69, 9.17) is 4.74 Å². The molecule has 0 amide bonds. The van der Waals surface area contributed by atoms with E-state index < -0.39 is 0 Å². The first-order chi connectivity index (χ1) is 16.2. The third-order valence-corrected chi connectivity index (χ3v) is 12.0. The Kier molecular flexibility index (Phi) is 6.75. The molecule has 33 heavy (non-hydrogen) atoms. The monoisotopic (exact) mass is 452 g/mol. The Balaban J connectivity index is 1.34. The van der Waals surface area contributed by atoms with Crippen molar-refractivity contribution in [2.45, 2.75) is 135 Å². The van der Waals surface area contributed by atoms with Gasteiger partial charge in [0.15, 0.2) is 0 Å². The van der Waals surface area contributed by atoms with Gasteiger partial charge in [-0.15, -0.1) is 0 Å². The van der Waals surface area contributed by atoms with E-state index in [0.29, 0.717) is 12.0 Å². The van der Waals surface area contributed by atoms with Crippen molar-refractivity contribution >= 4 is 0 Å². The quantitative estimate of drug-likeness (QED) is 0.388. The van der Waals surface area contributed by atoms with Crippen LogP contribution in [0.25, 0.3) is 0 Å². The van der Waals surface area contributed by atoms with Crippen molar-refractivity contribution in [3.8, 4) is 0 Å². The van der Waals surface area contributed by atoms with Crippen LogP contribution in [0.1, 0.15) is 123 Å². The van der Waals surface area contributed by atoms with Crippen LogP contribution in [-0.2, 0) is 4.74 Å². The summed E-state index contributed by atoms with van der Waals surface area (Å²) in [4.78, 5) is 0. The van der Waals surface area contributed by atoms with Crippen LogP contribution in [0, 0.1) is 53.3 Å². The van der Waals surface area contributed by atoms with Crippen molar-refractivity contribution in [1.29, 1.82) is 0 Å². The zero-order valence-corrected chi connectivity index (χ0v) is 21.9. The summed E-state index contributed by atoms with van der Waals surface area (Å²) in [6.45, 7) is 4.98. The lowest BCUT2D eigenvalue weighted by molar-refractivity contribution is -0.212. The Morgan fingerprint density at radius 2 is 1.36 bits per heavy atom. The van der Waals surface area contributed by atoms with Crippen molar-refractivity contribution in [3.63, 3.8) is 0 Å². The maximum Gasteiger partial charge on any atom is 0.0922 e. The summed E-state index contributed by atoms with van der Waals surface area (Å²) in [7, 11) is 0. The average molecular weight is 453 g/mol. The molecule has 0 aromatic heterocycles. The van der Waals surface area contributed by atoms with E-state index in [0.717, 1.165) is 47.3 Å². The van der Waals surface area contributed by atoms with Gasteiger partial charge in [0.2, 0.25) is 0 Å². The maximum atomic E-state index is 7.80. The van der Waals surface area contributed by atoms with Crippen LogP contribution in [0.15, 0.2) is 12.2 Å².